The Bertz CT molecular complexity index is 5840. The molecular formula is C87H86Cl2N16O10S3. The molecular weight excluding hydrogens is 1600 g/mol. The number of nitrogens with one attached hydrogen (secondary N) is 4. The van der Waals surface area contributed by atoms with Crippen molar-refractivity contribution in [2.75, 3.05) is 122 Å². The number of Topliss-reactive ketones (excluding diaryl/α,β-unsaturated/α-hetero) is 1. The molecule has 2 amide bonds. The van der Waals surface area contributed by atoms with E-state index in [0.29, 0.717) is 119 Å². The minimum Gasteiger partial charge on any atom is -0.497 e. The number of carbonyl (C=O) groups excluding carboxylic acids is 3. The number of carbonyl (C=O) groups is 3. The molecule has 3 aliphatic heterocycles. The molecule has 15 rings (SSSR count). The second-order valence-corrected chi connectivity index (χ2v) is 34.6. The van der Waals surface area contributed by atoms with Crippen molar-refractivity contribution in [3.05, 3.63) is 282 Å². The minimum absolute atomic E-state index is 0.118. The number of sulfonamides is 3. The Labute approximate surface area is 696 Å². The molecule has 26 nitrogen and oxygen atoms in total. The topological polar surface area (TPSA) is 308 Å². The van der Waals surface area contributed by atoms with E-state index in [1.54, 1.807) is 99.4 Å². The lowest BCUT2D eigenvalue weighted by atomic mass is 10.1. The lowest BCUT2D eigenvalue weighted by Gasteiger charge is -2.35. The molecule has 12 aromatic rings. The fraction of sp³-hybridized carbons (Fsp3) is 0.207. The van der Waals surface area contributed by atoms with Gasteiger partial charge in [0.25, 0.3) is 0 Å². The Morgan fingerprint density at radius 3 is 1.14 bits per heavy atom. The third kappa shape index (κ3) is 22.0. The fourth-order valence-corrected chi connectivity index (χ4v) is 18.2. The van der Waals surface area contributed by atoms with E-state index in [1.165, 1.54) is 32.8 Å². The number of anilines is 9. The van der Waals surface area contributed by atoms with E-state index in [0.717, 1.165) is 90.5 Å². The summed E-state index contributed by atoms with van der Waals surface area (Å²) in [4.78, 5) is 68.2. The number of halogens is 2. The summed E-state index contributed by atoms with van der Waals surface area (Å²) in [7, 11) is -9.12. The first-order valence-corrected chi connectivity index (χ1v) is 43.0. The van der Waals surface area contributed by atoms with Crippen LogP contribution < -0.4 is 40.7 Å². The van der Waals surface area contributed by atoms with Gasteiger partial charge in [0.2, 0.25) is 53.8 Å². The summed E-state index contributed by atoms with van der Waals surface area (Å²) in [5.41, 5.74) is 13.4. The standard InChI is InChI=1S/C30H29ClN4O3S.C29H30N6O4S.C28H27ClN6O3S/c1-22(36)19-23-5-9-25(10-6-23)29-13-14-32-30(33-29)20-24-7-11-27(12-8-24)34-15-17-35(18-16-34)39(37,38)28-4-2-3-26(31)21-28;1-21(36)31-23-5-3-22(4-6-23)28-15-16-30-29(33-28)32-24-7-9-25(10-8-24)34-17-19-35(20-18-34)40(37,38)27-13-11-26(39-2)12-14-27;1-20(36)31-23-6-2-21(3-7-23)27-14-15-30-28(33-27)32-24-8-10-25(11-9-24)34-16-18-35(19-17-34)39(37,38)26-12-4-22(29)5-13-26/h2-14,21H,15-20H2,1H3;3-16H,17-20H2,1-2H3,(H,31,36)(H,30,32,33);2-15H,16-19H2,1H3,(H,31,36)(H,30,32,33). The van der Waals surface area contributed by atoms with Crippen LogP contribution in [0.5, 0.6) is 5.75 Å². The summed E-state index contributed by atoms with van der Waals surface area (Å²) in [5, 5.41) is 12.9. The van der Waals surface area contributed by atoms with Crippen LogP contribution in [0, 0.1) is 0 Å². The number of ketones is 1. The third-order valence-electron chi connectivity index (χ3n) is 19.7. The average Bonchev–Trinajstić information content (AvgIpc) is 0.800. The van der Waals surface area contributed by atoms with Gasteiger partial charge >= 0.3 is 0 Å². The number of ether oxygens (including phenoxy) is 1. The van der Waals surface area contributed by atoms with E-state index in [1.807, 2.05) is 140 Å². The molecule has 0 radical (unpaired) electrons. The molecule has 0 atom stereocenters. The Morgan fingerprint density at radius 1 is 0.381 bits per heavy atom. The molecule has 0 aliphatic carbocycles. The van der Waals surface area contributed by atoms with Gasteiger partial charge in [0.1, 0.15) is 17.4 Å². The largest absolute Gasteiger partial charge is 0.497 e. The van der Waals surface area contributed by atoms with E-state index >= 15 is 0 Å². The zero-order valence-electron chi connectivity index (χ0n) is 65.1. The van der Waals surface area contributed by atoms with Gasteiger partial charge in [-0.3, -0.25) is 14.4 Å². The van der Waals surface area contributed by atoms with E-state index in [-0.39, 0.29) is 32.3 Å². The molecule has 4 N–H and O–H groups in total. The number of benzene rings is 9. The number of hydrogen-bond donors (Lipinski definition) is 4. The fourth-order valence-electron chi connectivity index (χ4n) is 13.5. The number of hydrogen-bond acceptors (Lipinski definition) is 21. The first-order chi connectivity index (χ1) is 56.9. The number of amides is 2. The van der Waals surface area contributed by atoms with Crippen LogP contribution in [-0.2, 0) is 57.3 Å². The van der Waals surface area contributed by atoms with Gasteiger partial charge in [-0.1, -0.05) is 89.9 Å². The summed E-state index contributed by atoms with van der Waals surface area (Å²) in [6, 6.07) is 71.5. The van der Waals surface area contributed by atoms with Gasteiger partial charge in [0.15, 0.2) is 0 Å². The summed E-state index contributed by atoms with van der Waals surface area (Å²) >= 11 is 11.9. The SMILES string of the molecule is CC(=O)Cc1ccc(-c2ccnc(Cc3ccc(N4CCN(S(=O)(=O)c5cccc(Cl)c5)CC4)cc3)n2)cc1.CC(=O)Nc1ccc(-c2ccnc(Nc3ccc(N4CCN(S(=O)(=O)c5ccc(Cl)cc5)CC4)cc3)n2)cc1.COc1ccc(S(=O)(=O)N2CCN(c3ccc(Nc4nccc(-c5ccc(NC(C)=O)cc5)n4)cc3)CC2)cc1. The van der Waals surface area contributed by atoms with Crippen molar-refractivity contribution in [3.63, 3.8) is 0 Å². The minimum atomic E-state index is -3.57. The number of aromatic nitrogens is 6. The maximum absolute atomic E-state index is 13.0. The summed E-state index contributed by atoms with van der Waals surface area (Å²) in [6.45, 7) is 10.5. The molecule has 3 saturated heterocycles. The van der Waals surface area contributed by atoms with Crippen LogP contribution in [-0.4, -0.2) is 171 Å². The third-order valence-corrected chi connectivity index (χ3v) is 25.9. The van der Waals surface area contributed by atoms with Crippen LogP contribution in [0.3, 0.4) is 0 Å². The molecule has 0 spiro atoms. The highest BCUT2D eigenvalue weighted by Crippen LogP contribution is 2.32. The number of rotatable bonds is 23. The van der Waals surface area contributed by atoms with E-state index in [4.69, 9.17) is 32.9 Å². The molecule has 0 unspecified atom stereocenters. The van der Waals surface area contributed by atoms with E-state index in [2.05, 4.69) is 85.2 Å². The van der Waals surface area contributed by atoms with Crippen LogP contribution in [0.1, 0.15) is 37.7 Å². The van der Waals surface area contributed by atoms with Crippen molar-refractivity contribution >= 4 is 123 Å². The Morgan fingerprint density at radius 2 is 0.746 bits per heavy atom. The van der Waals surface area contributed by atoms with Gasteiger partial charge in [-0.05, 0) is 188 Å². The summed E-state index contributed by atoms with van der Waals surface area (Å²) in [5.74, 6) is 2.19. The van der Waals surface area contributed by atoms with E-state index in [9.17, 15) is 39.6 Å². The number of methoxy groups -OCH3 is 1. The summed E-state index contributed by atoms with van der Waals surface area (Å²) < 4.78 is 87.7. The van der Waals surface area contributed by atoms with Gasteiger partial charge in [0.05, 0.1) is 38.9 Å². The molecule has 3 aromatic heterocycles. The van der Waals surface area contributed by atoms with Crippen LogP contribution in [0.4, 0.5) is 51.7 Å². The van der Waals surface area contributed by atoms with Crippen molar-refractivity contribution in [2.24, 2.45) is 0 Å². The highest BCUT2D eigenvalue weighted by molar-refractivity contribution is 7.89. The Kier molecular flexibility index (Phi) is 27.3. The maximum atomic E-state index is 13.0. The molecule has 0 saturated carbocycles. The predicted octanol–water partition coefficient (Wildman–Crippen LogP) is 14.4. The second kappa shape index (κ2) is 38.3. The molecule has 9 aromatic carbocycles. The Balaban J connectivity index is 0.000000153. The van der Waals surface area contributed by atoms with Gasteiger partial charge in [-0.25, -0.2) is 55.2 Å². The van der Waals surface area contributed by atoms with Gasteiger partial charge < -0.3 is 40.7 Å². The van der Waals surface area contributed by atoms with Crippen LogP contribution in [0.25, 0.3) is 33.8 Å². The van der Waals surface area contributed by atoms with Crippen LogP contribution in [0.15, 0.2) is 270 Å². The van der Waals surface area contributed by atoms with Gasteiger partial charge in [-0.2, -0.15) is 12.9 Å². The monoisotopic (exact) mass is 1680 g/mol. The maximum Gasteiger partial charge on any atom is 0.243 e. The molecule has 3 fully saturated rings. The zero-order chi connectivity index (χ0) is 82.9. The van der Waals surface area contributed by atoms with Crippen molar-refractivity contribution in [1.82, 2.24) is 42.8 Å². The summed E-state index contributed by atoms with van der Waals surface area (Å²) in [6.07, 6.45) is 6.19. The average molecular weight is 1680 g/mol. The molecule has 118 heavy (non-hydrogen) atoms. The normalized spacial score (nSPS) is 14.2. The van der Waals surface area contributed by atoms with Gasteiger partial charge in [-0.15, -0.1) is 0 Å². The molecule has 3 aliphatic rings. The predicted molar refractivity (Wildman–Crippen MR) is 463 cm³/mol. The smallest absolute Gasteiger partial charge is 0.243 e. The number of piperazine rings is 3. The first-order valence-electron chi connectivity index (χ1n) is 37.9. The van der Waals surface area contributed by atoms with Gasteiger partial charge in [0, 0.05) is 190 Å². The van der Waals surface area contributed by atoms with Crippen LogP contribution in [0.2, 0.25) is 10.0 Å². The lowest BCUT2D eigenvalue weighted by Crippen LogP contribution is -2.48. The quantitative estimate of drug-likeness (QED) is 0.0462. The first kappa shape index (κ1) is 83.9. The highest BCUT2D eigenvalue weighted by atomic mass is 35.5. The lowest BCUT2D eigenvalue weighted by molar-refractivity contribution is -0.116. The highest BCUT2D eigenvalue weighted by Gasteiger charge is 2.32. The molecule has 31 heteroatoms. The molecule has 0 bridgehead atoms. The molecule has 606 valence electrons. The van der Waals surface area contributed by atoms with Crippen LogP contribution >= 0.6 is 23.2 Å². The van der Waals surface area contributed by atoms with Crippen molar-refractivity contribution in [1.29, 1.82) is 0 Å². The number of nitrogens with zero attached hydrogens (tertiary/aromatic N) is 12. The zero-order valence-corrected chi connectivity index (χ0v) is 69.0. The second-order valence-electron chi connectivity index (χ2n) is 27.9. The molecule has 6 heterocycles. The van der Waals surface area contributed by atoms with Crippen molar-refractivity contribution in [2.45, 2.75) is 48.3 Å². The Hall–Kier alpha value is -12.1. The van der Waals surface area contributed by atoms with Crippen molar-refractivity contribution in [3.8, 4) is 39.5 Å². The van der Waals surface area contributed by atoms with Crippen molar-refractivity contribution < 1.29 is 44.4 Å². The van der Waals surface area contributed by atoms with E-state index < -0.39 is 30.1 Å².